The number of carbonyl (C=O) groups excluding carboxylic acids is 2. The minimum atomic E-state index is -0.367. The number of rotatable bonds is 7. The van der Waals surface area contributed by atoms with Crippen LogP contribution in [0, 0.1) is 5.92 Å². The van der Waals surface area contributed by atoms with E-state index in [1.165, 1.54) is 0 Å². The molecule has 0 aliphatic carbocycles. The van der Waals surface area contributed by atoms with E-state index in [-0.39, 0.29) is 30.8 Å². The molecule has 2 heterocycles. The largest absolute Gasteiger partial charge is 0.369 e. The van der Waals surface area contributed by atoms with E-state index in [9.17, 15) is 9.59 Å². The van der Waals surface area contributed by atoms with Gasteiger partial charge in [0.2, 0.25) is 17.7 Å². The van der Waals surface area contributed by atoms with Crippen molar-refractivity contribution in [1.82, 2.24) is 20.4 Å². The maximum Gasteiger partial charge on any atom is 0.246 e. The van der Waals surface area contributed by atoms with Crippen LogP contribution in [-0.2, 0) is 21.9 Å². The molecule has 1 aromatic heterocycles. The van der Waals surface area contributed by atoms with Gasteiger partial charge in [0.1, 0.15) is 0 Å². The fraction of sp³-hybridized carbons (Fsp3) is 0.692. The van der Waals surface area contributed by atoms with Gasteiger partial charge in [-0.05, 0) is 25.6 Å². The molecule has 0 spiro atoms. The lowest BCUT2D eigenvalue weighted by Gasteiger charge is -2.30. The molecule has 1 aliphatic rings. The molecule has 0 unspecified atom stereocenters. The minimum absolute atomic E-state index is 0.0567. The predicted octanol–water partition coefficient (Wildman–Crippen LogP) is -0.254. The highest BCUT2D eigenvalue weighted by molar-refractivity contribution is 7.97. The number of primary amides is 1. The van der Waals surface area contributed by atoms with Gasteiger partial charge in [0.15, 0.2) is 5.82 Å². The van der Waals surface area contributed by atoms with Crippen molar-refractivity contribution >= 4 is 23.6 Å². The lowest BCUT2D eigenvalue weighted by molar-refractivity contribution is -0.128. The first-order valence-electron chi connectivity index (χ1n) is 7.17. The second-order valence-corrected chi connectivity index (χ2v) is 6.16. The van der Waals surface area contributed by atoms with Crippen LogP contribution >= 0.6 is 11.8 Å². The normalized spacial score (nSPS) is 19.0. The quantitative estimate of drug-likeness (QED) is 0.709. The van der Waals surface area contributed by atoms with Crippen molar-refractivity contribution in [3.8, 4) is 0 Å². The van der Waals surface area contributed by atoms with E-state index >= 15 is 0 Å². The average Bonchev–Trinajstić information content (AvgIpc) is 2.92. The van der Waals surface area contributed by atoms with Gasteiger partial charge in [0, 0.05) is 6.54 Å². The standard InChI is InChI=1S/C13H21N5O3S/c1-22-8-11-16-12(21-17-11)5-15-13(20)9-3-2-4-18(6-9)7-10(14)19/h9H,2-8H2,1H3,(H2,14,19)(H,15,20)/t9-/m0/s1. The summed E-state index contributed by atoms with van der Waals surface area (Å²) in [7, 11) is 0. The molecule has 1 saturated heterocycles. The topological polar surface area (TPSA) is 114 Å². The molecule has 0 aromatic carbocycles. The molecule has 1 atom stereocenters. The van der Waals surface area contributed by atoms with Crippen LogP contribution in [0.25, 0.3) is 0 Å². The van der Waals surface area contributed by atoms with Crippen LogP contribution in [0.4, 0.5) is 0 Å². The SMILES string of the molecule is CSCc1noc(CNC(=O)[C@H]2CCCN(CC(N)=O)C2)n1. The van der Waals surface area contributed by atoms with Gasteiger partial charge in [-0.25, -0.2) is 0 Å². The number of piperidine rings is 1. The summed E-state index contributed by atoms with van der Waals surface area (Å²) in [5.41, 5.74) is 5.20. The molecule has 9 heteroatoms. The molecule has 22 heavy (non-hydrogen) atoms. The number of thioether (sulfide) groups is 1. The Morgan fingerprint density at radius 1 is 1.55 bits per heavy atom. The molecular formula is C13H21N5O3S. The molecule has 0 radical (unpaired) electrons. The first-order valence-corrected chi connectivity index (χ1v) is 8.56. The summed E-state index contributed by atoms with van der Waals surface area (Å²) < 4.78 is 5.07. The summed E-state index contributed by atoms with van der Waals surface area (Å²) in [5, 5.41) is 6.64. The summed E-state index contributed by atoms with van der Waals surface area (Å²) in [6, 6.07) is 0. The second-order valence-electron chi connectivity index (χ2n) is 5.30. The number of nitrogens with one attached hydrogen (secondary N) is 1. The molecule has 2 rings (SSSR count). The van der Waals surface area contributed by atoms with Crippen molar-refractivity contribution in [2.24, 2.45) is 11.7 Å². The molecule has 122 valence electrons. The number of hydrogen-bond donors (Lipinski definition) is 2. The highest BCUT2D eigenvalue weighted by Gasteiger charge is 2.26. The fourth-order valence-corrected chi connectivity index (χ4v) is 2.87. The molecule has 3 N–H and O–H groups in total. The van der Waals surface area contributed by atoms with Crippen molar-refractivity contribution in [1.29, 1.82) is 0 Å². The molecule has 0 saturated carbocycles. The van der Waals surface area contributed by atoms with Gasteiger partial charge in [-0.3, -0.25) is 14.5 Å². The molecule has 0 bridgehead atoms. The Morgan fingerprint density at radius 2 is 2.36 bits per heavy atom. The maximum atomic E-state index is 12.2. The van der Waals surface area contributed by atoms with Crippen LogP contribution in [0.2, 0.25) is 0 Å². The predicted molar refractivity (Wildman–Crippen MR) is 81.7 cm³/mol. The molecule has 1 fully saturated rings. The number of amides is 2. The van der Waals surface area contributed by atoms with Crippen LogP contribution in [0.1, 0.15) is 24.6 Å². The molecule has 2 amide bonds. The Morgan fingerprint density at radius 3 is 3.09 bits per heavy atom. The van der Waals surface area contributed by atoms with Crippen molar-refractivity contribution in [2.75, 3.05) is 25.9 Å². The Balaban J connectivity index is 1.79. The summed E-state index contributed by atoms with van der Waals surface area (Å²) in [5.74, 6) is 1.15. The Hall–Kier alpha value is -1.61. The van der Waals surface area contributed by atoms with Gasteiger partial charge in [-0.15, -0.1) is 0 Å². The first kappa shape index (κ1) is 16.8. The maximum absolute atomic E-state index is 12.2. The number of nitrogens with two attached hydrogens (primary N) is 1. The van der Waals surface area contributed by atoms with Crippen molar-refractivity contribution in [3.05, 3.63) is 11.7 Å². The van der Waals surface area contributed by atoms with Crippen LogP contribution in [0.15, 0.2) is 4.52 Å². The third-order valence-electron chi connectivity index (χ3n) is 3.45. The molecule has 1 aliphatic heterocycles. The van der Waals surface area contributed by atoms with Gasteiger partial charge >= 0.3 is 0 Å². The summed E-state index contributed by atoms with van der Waals surface area (Å²) in [4.78, 5) is 29.3. The minimum Gasteiger partial charge on any atom is -0.369 e. The zero-order valence-electron chi connectivity index (χ0n) is 12.6. The smallest absolute Gasteiger partial charge is 0.246 e. The van der Waals surface area contributed by atoms with Crippen LogP contribution in [0.3, 0.4) is 0 Å². The third-order valence-corrected chi connectivity index (χ3v) is 4.00. The highest BCUT2D eigenvalue weighted by atomic mass is 32.2. The third kappa shape index (κ3) is 4.99. The van der Waals surface area contributed by atoms with Crippen LogP contribution < -0.4 is 11.1 Å². The Bertz CT molecular complexity index is 522. The highest BCUT2D eigenvalue weighted by Crippen LogP contribution is 2.16. The summed E-state index contributed by atoms with van der Waals surface area (Å²) >= 11 is 1.60. The lowest BCUT2D eigenvalue weighted by Crippen LogP contribution is -2.45. The van der Waals surface area contributed by atoms with E-state index in [1.54, 1.807) is 11.8 Å². The molecular weight excluding hydrogens is 306 g/mol. The van der Waals surface area contributed by atoms with Crippen LogP contribution in [-0.4, -0.2) is 52.7 Å². The zero-order valence-corrected chi connectivity index (χ0v) is 13.4. The van der Waals surface area contributed by atoms with E-state index in [4.69, 9.17) is 10.3 Å². The Kier molecular flexibility index (Phi) is 6.20. The summed E-state index contributed by atoms with van der Waals surface area (Å²) in [6.07, 6.45) is 3.64. The average molecular weight is 327 g/mol. The molecule has 8 nitrogen and oxygen atoms in total. The number of likely N-dealkylation sites (tertiary alicyclic amines) is 1. The lowest BCUT2D eigenvalue weighted by atomic mass is 9.97. The van der Waals surface area contributed by atoms with Gasteiger partial charge in [-0.1, -0.05) is 5.16 Å². The zero-order chi connectivity index (χ0) is 15.9. The van der Waals surface area contributed by atoms with Crippen LogP contribution in [0.5, 0.6) is 0 Å². The van der Waals surface area contributed by atoms with E-state index < -0.39 is 0 Å². The van der Waals surface area contributed by atoms with Gasteiger partial charge in [-0.2, -0.15) is 16.7 Å². The van der Waals surface area contributed by atoms with E-state index in [0.717, 1.165) is 19.4 Å². The summed E-state index contributed by atoms with van der Waals surface area (Å²) in [6.45, 7) is 1.78. The van der Waals surface area contributed by atoms with E-state index in [0.29, 0.717) is 24.0 Å². The van der Waals surface area contributed by atoms with Gasteiger partial charge in [0.05, 0.1) is 24.8 Å². The van der Waals surface area contributed by atoms with Gasteiger partial charge in [0.25, 0.3) is 0 Å². The monoisotopic (exact) mass is 327 g/mol. The van der Waals surface area contributed by atoms with E-state index in [1.807, 2.05) is 11.2 Å². The van der Waals surface area contributed by atoms with E-state index in [2.05, 4.69) is 15.5 Å². The first-order chi connectivity index (χ1) is 10.6. The van der Waals surface area contributed by atoms with Crippen molar-refractivity contribution < 1.29 is 14.1 Å². The number of carbonyl (C=O) groups is 2. The van der Waals surface area contributed by atoms with Crippen molar-refractivity contribution in [2.45, 2.75) is 25.1 Å². The number of hydrogen-bond acceptors (Lipinski definition) is 7. The second kappa shape index (κ2) is 8.14. The number of aromatic nitrogens is 2. The van der Waals surface area contributed by atoms with Gasteiger partial charge < -0.3 is 15.6 Å². The molecule has 1 aromatic rings. The number of nitrogens with zero attached hydrogens (tertiary/aromatic N) is 3. The Labute approximate surface area is 133 Å². The van der Waals surface area contributed by atoms with Crippen molar-refractivity contribution in [3.63, 3.8) is 0 Å². The fourth-order valence-electron chi connectivity index (χ4n) is 2.49.